The highest BCUT2D eigenvalue weighted by Gasteiger charge is 2.91. The van der Waals surface area contributed by atoms with Crippen molar-refractivity contribution in [1.29, 1.82) is 0 Å². The Hall–Kier alpha value is -1.88. The van der Waals surface area contributed by atoms with E-state index in [0.717, 1.165) is 4.74 Å². The van der Waals surface area contributed by atoms with Gasteiger partial charge in [-0.15, -0.1) is 0 Å². The normalized spacial score (nSPS) is 18.0. The number of rotatable bonds is 13. The molecule has 0 fully saturated rings. The second kappa shape index (κ2) is 10.8. The van der Waals surface area contributed by atoms with Crippen molar-refractivity contribution in [2.45, 2.75) is 63.8 Å². The van der Waals surface area contributed by atoms with Crippen molar-refractivity contribution in [3.63, 3.8) is 0 Å². The van der Waals surface area contributed by atoms with E-state index < -0.39 is 98.1 Å². The molecular weight excluding hydrogens is 807 g/mol. The average molecular weight is 809 g/mol. The molecule has 1 atom stereocenters. The number of hydrogen-bond donors (Lipinski definition) is 2. The van der Waals surface area contributed by atoms with Crippen LogP contribution in [0.25, 0.3) is 0 Å². The van der Waals surface area contributed by atoms with Gasteiger partial charge in [0.25, 0.3) is 20.0 Å². The predicted molar refractivity (Wildman–Crippen MR) is 89.1 cm³/mol. The SMILES string of the molecule is O=S(=O)(O)C(F)(F)C(F)(F)C(F)(F)S(=O)(=O)NS(=O)(=O)C(F)(F)C(F)(F)C(F)(F)C(F)(F)OC(F)(C(F)(F)F)C(F)(F)C(F)(F)F. The summed E-state index contributed by atoms with van der Waals surface area (Å²) in [4.78, 5) is 0. The van der Waals surface area contributed by atoms with Gasteiger partial charge in [0.05, 0.1) is 0 Å². The van der Waals surface area contributed by atoms with Gasteiger partial charge in [0, 0.05) is 0 Å². The van der Waals surface area contributed by atoms with Crippen molar-refractivity contribution in [1.82, 2.24) is 4.13 Å². The quantitative estimate of drug-likeness (QED) is 0.199. The van der Waals surface area contributed by atoms with Crippen molar-refractivity contribution in [2.24, 2.45) is 0 Å². The van der Waals surface area contributed by atoms with E-state index in [-0.39, 0.29) is 0 Å². The van der Waals surface area contributed by atoms with Gasteiger partial charge in [-0.1, -0.05) is 4.13 Å². The summed E-state index contributed by atoms with van der Waals surface area (Å²) in [5.74, 6) is -44.0. The van der Waals surface area contributed by atoms with Crippen LogP contribution in [0, 0.1) is 0 Å². The molecule has 0 heterocycles. The minimum atomic E-state index is -9.27. The molecule has 0 aromatic carbocycles. The highest BCUT2D eigenvalue weighted by molar-refractivity contribution is 8.05. The first-order chi connectivity index (χ1) is 19.2. The van der Waals surface area contributed by atoms with Gasteiger partial charge in [-0.05, 0) is 0 Å². The molecule has 0 saturated carbocycles. The van der Waals surface area contributed by atoms with Crippen LogP contribution in [0.1, 0.15) is 0 Å². The largest absolute Gasteiger partial charge is 0.459 e. The van der Waals surface area contributed by atoms with E-state index in [9.17, 15) is 126 Å². The monoisotopic (exact) mass is 809 g/mol. The van der Waals surface area contributed by atoms with Crippen molar-refractivity contribution in [3.05, 3.63) is 0 Å². The number of nitrogens with one attached hydrogen (secondary N) is 1. The summed E-state index contributed by atoms with van der Waals surface area (Å²) in [6.07, 6.45) is -25.6. The van der Waals surface area contributed by atoms with Crippen LogP contribution in [0.2, 0.25) is 0 Å². The summed E-state index contributed by atoms with van der Waals surface area (Å²) in [6.45, 7) is 0. The van der Waals surface area contributed by atoms with Crippen molar-refractivity contribution < 1.29 is 136 Å². The lowest BCUT2D eigenvalue weighted by Gasteiger charge is -2.41. The standard InChI is InChI=1S/C11H2F23NO8S3/c12-1(13,8(27,28)43-5(20,7(24,25)26)3(16,17)6(21,22)23)2(14,15)9(29,30)44(36,37)35-45(38,39)10(31,32)4(18,19)11(33,34)46(40,41)42/h35H,(H,40,41,42). The fourth-order valence-electron chi connectivity index (χ4n) is 2.01. The summed E-state index contributed by atoms with van der Waals surface area (Å²) in [5, 5.41) is -25.0. The van der Waals surface area contributed by atoms with Gasteiger partial charge in [0.2, 0.25) is 0 Å². The van der Waals surface area contributed by atoms with Crippen molar-refractivity contribution >= 4 is 30.2 Å². The van der Waals surface area contributed by atoms with Crippen LogP contribution in [0.15, 0.2) is 0 Å². The summed E-state index contributed by atoms with van der Waals surface area (Å²) >= 11 is 0. The Balaban J connectivity index is 7.26. The first kappa shape index (κ1) is 44.1. The number of alkyl halides is 23. The van der Waals surface area contributed by atoms with Crippen molar-refractivity contribution in [3.8, 4) is 0 Å². The zero-order valence-electron chi connectivity index (χ0n) is 19.2. The second-order valence-electron chi connectivity index (χ2n) is 7.62. The Kier molecular flexibility index (Phi) is 10.4. The summed E-state index contributed by atoms with van der Waals surface area (Å²) < 4.78 is 375. The molecule has 0 radical (unpaired) electrons. The molecule has 0 saturated heterocycles. The van der Waals surface area contributed by atoms with Gasteiger partial charge in [-0.25, -0.2) is 16.8 Å². The Morgan fingerprint density at radius 3 is 0.978 bits per heavy atom. The molecule has 0 aromatic rings. The number of ether oxygens (including phenoxy) is 1. The molecule has 0 spiro atoms. The van der Waals surface area contributed by atoms with Gasteiger partial charge < -0.3 is 0 Å². The van der Waals surface area contributed by atoms with Crippen LogP contribution >= 0.6 is 0 Å². The molecule has 0 amide bonds. The molecule has 278 valence electrons. The first-order valence-corrected chi connectivity index (χ1v) is 13.4. The third-order valence-corrected chi connectivity index (χ3v) is 8.99. The third kappa shape index (κ3) is 5.98. The van der Waals surface area contributed by atoms with Crippen LogP contribution in [-0.2, 0) is 34.9 Å². The zero-order valence-corrected chi connectivity index (χ0v) is 21.7. The molecule has 0 aliphatic rings. The molecule has 0 aromatic heterocycles. The Morgan fingerprint density at radius 1 is 0.413 bits per heavy atom. The fraction of sp³-hybridized carbons (Fsp3) is 1.00. The van der Waals surface area contributed by atoms with E-state index in [2.05, 4.69) is 0 Å². The van der Waals surface area contributed by atoms with Crippen molar-refractivity contribution in [2.75, 3.05) is 0 Å². The Bertz CT molecular complexity index is 1500. The van der Waals surface area contributed by atoms with Crippen LogP contribution in [-0.4, -0.2) is 93.6 Å². The van der Waals surface area contributed by atoms with E-state index in [1.807, 2.05) is 0 Å². The molecule has 2 N–H and O–H groups in total. The van der Waals surface area contributed by atoms with Gasteiger partial charge >= 0.3 is 73.9 Å². The number of sulfonamides is 2. The minimum Gasteiger partial charge on any atom is -0.281 e. The summed E-state index contributed by atoms with van der Waals surface area (Å²) in [5.41, 5.74) is 0. The zero-order chi connectivity index (χ0) is 38.4. The maximum Gasteiger partial charge on any atom is 0.459 e. The molecule has 9 nitrogen and oxygen atoms in total. The predicted octanol–water partition coefficient (Wildman–Crippen LogP) is 4.84. The van der Waals surface area contributed by atoms with E-state index in [0.29, 0.717) is 0 Å². The van der Waals surface area contributed by atoms with E-state index in [1.54, 1.807) is 0 Å². The highest BCUT2D eigenvalue weighted by Crippen LogP contribution is 2.60. The minimum absolute atomic E-state index is 0.834. The van der Waals surface area contributed by atoms with E-state index in [4.69, 9.17) is 4.55 Å². The van der Waals surface area contributed by atoms with Crippen LogP contribution in [0.4, 0.5) is 101 Å². The molecule has 0 rings (SSSR count). The van der Waals surface area contributed by atoms with Gasteiger partial charge in [-0.3, -0.25) is 9.29 Å². The number of hydrogen-bond acceptors (Lipinski definition) is 7. The summed E-state index contributed by atoms with van der Waals surface area (Å²) in [7, 11) is -26.3. The molecule has 1 unspecified atom stereocenters. The van der Waals surface area contributed by atoms with E-state index in [1.165, 1.54) is 0 Å². The maximum atomic E-state index is 13.8. The molecule has 46 heavy (non-hydrogen) atoms. The number of halogens is 23. The Morgan fingerprint density at radius 2 is 0.717 bits per heavy atom. The van der Waals surface area contributed by atoms with E-state index >= 15 is 0 Å². The average Bonchev–Trinajstić information content (AvgIpc) is 2.74. The highest BCUT2D eigenvalue weighted by atomic mass is 32.3. The fourth-order valence-corrected chi connectivity index (χ4v) is 5.45. The summed E-state index contributed by atoms with van der Waals surface area (Å²) in [6, 6.07) is 0. The molecule has 0 bridgehead atoms. The lowest BCUT2D eigenvalue weighted by Crippen LogP contribution is -2.71. The van der Waals surface area contributed by atoms with Gasteiger partial charge in [-0.2, -0.15) is 109 Å². The lowest BCUT2D eigenvalue weighted by atomic mass is 10.1. The topological polar surface area (TPSA) is 144 Å². The smallest absolute Gasteiger partial charge is 0.281 e. The van der Waals surface area contributed by atoms with Crippen LogP contribution in [0.3, 0.4) is 0 Å². The first-order valence-electron chi connectivity index (χ1n) is 8.96. The molecule has 35 heteroatoms. The second-order valence-corrected chi connectivity index (χ2v) is 12.8. The molecular formula is C11H2F23NO8S3. The Labute approximate surface area is 234 Å². The molecule has 0 aliphatic heterocycles. The molecule has 0 aliphatic carbocycles. The van der Waals surface area contributed by atoms with Crippen LogP contribution < -0.4 is 4.13 Å². The third-order valence-electron chi connectivity index (χ3n) is 4.47. The van der Waals surface area contributed by atoms with Gasteiger partial charge in [0.1, 0.15) is 0 Å². The lowest BCUT2D eigenvalue weighted by molar-refractivity contribution is -0.524. The van der Waals surface area contributed by atoms with Gasteiger partial charge in [0.15, 0.2) is 0 Å². The maximum absolute atomic E-state index is 13.8. The van der Waals surface area contributed by atoms with Crippen LogP contribution in [0.5, 0.6) is 0 Å².